The first-order valence-corrected chi connectivity index (χ1v) is 5.75. The van der Waals surface area contributed by atoms with E-state index in [-0.39, 0.29) is 16.5 Å². The fourth-order valence-corrected chi connectivity index (χ4v) is 2.10. The number of hydrogen-bond acceptors (Lipinski definition) is 2. The first-order valence-electron chi connectivity index (χ1n) is 5.37. The monoisotopic (exact) mass is 304 g/mol. The number of benzene rings is 1. The highest BCUT2D eigenvalue weighted by Gasteiger charge is 2.31. The third-order valence-electron chi connectivity index (χ3n) is 2.79. The van der Waals surface area contributed by atoms with Gasteiger partial charge in [-0.2, -0.15) is 13.2 Å². The van der Waals surface area contributed by atoms with Gasteiger partial charge in [0.25, 0.3) is 0 Å². The molecular formula is C12H8ClF3N2O2. The van der Waals surface area contributed by atoms with Crippen LogP contribution in [0.15, 0.2) is 29.1 Å². The Labute approximate surface area is 116 Å². The van der Waals surface area contributed by atoms with Gasteiger partial charge < -0.3 is 0 Å². The average Bonchev–Trinajstić information content (AvgIpc) is 2.59. The molecule has 0 amide bonds. The molecule has 0 saturated carbocycles. The SMILES string of the molecule is Cn1c(C=O)c(Cl)n(-c2cccc(C(F)(F)F)c2)c1=O. The zero-order valence-corrected chi connectivity index (χ0v) is 10.9. The zero-order chi connectivity index (χ0) is 15.1. The molecule has 0 spiro atoms. The number of carbonyl (C=O) groups is 1. The fourth-order valence-electron chi connectivity index (χ4n) is 1.76. The van der Waals surface area contributed by atoms with Gasteiger partial charge in [-0.15, -0.1) is 0 Å². The normalized spacial score (nSPS) is 11.7. The number of halogens is 4. The highest BCUT2D eigenvalue weighted by molar-refractivity contribution is 6.32. The predicted molar refractivity (Wildman–Crippen MR) is 66.4 cm³/mol. The summed E-state index contributed by atoms with van der Waals surface area (Å²) in [5.74, 6) is 0. The zero-order valence-electron chi connectivity index (χ0n) is 10.1. The van der Waals surface area contributed by atoms with Gasteiger partial charge in [-0.25, -0.2) is 4.79 Å². The first kappa shape index (κ1) is 14.4. The van der Waals surface area contributed by atoms with E-state index in [1.165, 1.54) is 13.1 Å². The summed E-state index contributed by atoms with van der Waals surface area (Å²) in [5, 5.41) is -0.230. The van der Waals surface area contributed by atoms with E-state index in [9.17, 15) is 22.8 Å². The molecule has 0 unspecified atom stereocenters. The molecule has 106 valence electrons. The highest BCUT2D eigenvalue weighted by Crippen LogP contribution is 2.30. The lowest BCUT2D eigenvalue weighted by Gasteiger charge is -2.09. The van der Waals surface area contributed by atoms with Gasteiger partial charge in [0, 0.05) is 7.05 Å². The summed E-state index contributed by atoms with van der Waals surface area (Å²) in [6.45, 7) is 0. The minimum absolute atomic E-state index is 0.0569. The smallest absolute Gasteiger partial charge is 0.296 e. The van der Waals surface area contributed by atoms with E-state index in [1.807, 2.05) is 0 Å². The molecule has 0 radical (unpaired) electrons. The second-order valence-electron chi connectivity index (χ2n) is 4.02. The van der Waals surface area contributed by atoms with Crippen LogP contribution in [0.5, 0.6) is 0 Å². The molecule has 1 aromatic carbocycles. The van der Waals surface area contributed by atoms with Crippen LogP contribution in [0.2, 0.25) is 5.15 Å². The number of carbonyl (C=O) groups excluding carboxylic acids is 1. The van der Waals surface area contributed by atoms with Crippen LogP contribution in [0.3, 0.4) is 0 Å². The van der Waals surface area contributed by atoms with Gasteiger partial charge in [0.15, 0.2) is 6.29 Å². The molecule has 0 aliphatic rings. The van der Waals surface area contributed by atoms with E-state index < -0.39 is 17.4 Å². The van der Waals surface area contributed by atoms with Gasteiger partial charge in [0.2, 0.25) is 0 Å². The Morgan fingerprint density at radius 1 is 1.30 bits per heavy atom. The number of alkyl halides is 3. The molecule has 2 rings (SSSR count). The number of hydrogen-bond donors (Lipinski definition) is 0. The fraction of sp³-hybridized carbons (Fsp3) is 0.167. The van der Waals surface area contributed by atoms with E-state index in [2.05, 4.69) is 0 Å². The van der Waals surface area contributed by atoms with E-state index in [4.69, 9.17) is 11.6 Å². The van der Waals surface area contributed by atoms with Gasteiger partial charge in [-0.3, -0.25) is 13.9 Å². The Balaban J connectivity index is 2.70. The van der Waals surface area contributed by atoms with Crippen molar-refractivity contribution in [1.29, 1.82) is 0 Å². The minimum Gasteiger partial charge on any atom is -0.296 e. The quantitative estimate of drug-likeness (QED) is 0.801. The summed E-state index contributed by atoms with van der Waals surface area (Å²) in [5.41, 5.74) is -1.77. The lowest BCUT2D eigenvalue weighted by Crippen LogP contribution is -2.22. The number of aromatic nitrogens is 2. The summed E-state index contributed by atoms with van der Waals surface area (Å²) in [6, 6.07) is 4.14. The maximum absolute atomic E-state index is 12.7. The molecule has 0 N–H and O–H groups in total. The van der Waals surface area contributed by atoms with E-state index in [0.29, 0.717) is 6.29 Å². The van der Waals surface area contributed by atoms with Crippen LogP contribution in [0, 0.1) is 0 Å². The number of rotatable bonds is 2. The largest absolute Gasteiger partial charge is 0.416 e. The van der Waals surface area contributed by atoms with Gasteiger partial charge in [0.05, 0.1) is 11.3 Å². The van der Waals surface area contributed by atoms with Gasteiger partial charge in [-0.1, -0.05) is 17.7 Å². The van der Waals surface area contributed by atoms with Crippen LogP contribution in [0.25, 0.3) is 5.69 Å². The van der Waals surface area contributed by atoms with Gasteiger partial charge in [0.1, 0.15) is 10.8 Å². The minimum atomic E-state index is -4.53. The second-order valence-corrected chi connectivity index (χ2v) is 4.38. The van der Waals surface area contributed by atoms with Crippen molar-refractivity contribution in [1.82, 2.24) is 9.13 Å². The number of imidazole rings is 1. The van der Waals surface area contributed by atoms with Crippen LogP contribution in [0.4, 0.5) is 13.2 Å². The lowest BCUT2D eigenvalue weighted by atomic mass is 10.2. The van der Waals surface area contributed by atoms with E-state index in [1.54, 1.807) is 0 Å². The molecule has 4 nitrogen and oxygen atoms in total. The Kier molecular flexibility index (Phi) is 3.47. The molecule has 0 aliphatic carbocycles. The second kappa shape index (κ2) is 4.82. The first-order chi connectivity index (χ1) is 9.27. The van der Waals surface area contributed by atoms with Crippen molar-refractivity contribution in [3.63, 3.8) is 0 Å². The molecule has 0 fully saturated rings. The summed E-state index contributed by atoms with van der Waals surface area (Å²) in [7, 11) is 1.31. The van der Waals surface area contributed by atoms with Crippen LogP contribution in [0.1, 0.15) is 16.1 Å². The van der Waals surface area contributed by atoms with Crippen LogP contribution in [-0.4, -0.2) is 15.4 Å². The molecule has 0 saturated heterocycles. The summed E-state index contributed by atoms with van der Waals surface area (Å²) in [6.07, 6.45) is -4.16. The Morgan fingerprint density at radius 3 is 2.45 bits per heavy atom. The van der Waals surface area contributed by atoms with E-state index in [0.717, 1.165) is 27.3 Å². The molecule has 1 heterocycles. The molecule has 0 bridgehead atoms. The third kappa shape index (κ3) is 2.24. The average molecular weight is 305 g/mol. The topological polar surface area (TPSA) is 44.0 Å². The molecule has 1 aromatic heterocycles. The van der Waals surface area contributed by atoms with Crippen molar-refractivity contribution < 1.29 is 18.0 Å². The van der Waals surface area contributed by atoms with Crippen LogP contribution >= 0.6 is 11.6 Å². The standard InChI is InChI=1S/C12H8ClF3N2O2/c1-17-9(6-19)10(13)18(11(17)20)8-4-2-3-7(5-8)12(14,15)16/h2-6H,1H3. The van der Waals surface area contributed by atoms with Gasteiger partial charge >= 0.3 is 11.9 Å². The predicted octanol–water partition coefficient (Wildman–Crippen LogP) is 2.66. The summed E-state index contributed by atoms with van der Waals surface area (Å²) in [4.78, 5) is 22.8. The van der Waals surface area contributed by atoms with E-state index >= 15 is 0 Å². The highest BCUT2D eigenvalue weighted by atomic mass is 35.5. The molecule has 0 aliphatic heterocycles. The van der Waals surface area contributed by atoms with Crippen molar-refractivity contribution in [3.8, 4) is 5.69 Å². The molecule has 8 heteroatoms. The van der Waals surface area contributed by atoms with Crippen molar-refractivity contribution in [2.45, 2.75) is 6.18 Å². The lowest BCUT2D eigenvalue weighted by molar-refractivity contribution is -0.137. The molecule has 20 heavy (non-hydrogen) atoms. The number of aldehydes is 1. The Bertz CT molecular complexity index is 731. The van der Waals surface area contributed by atoms with Gasteiger partial charge in [-0.05, 0) is 18.2 Å². The maximum Gasteiger partial charge on any atom is 0.416 e. The van der Waals surface area contributed by atoms with Crippen LogP contribution < -0.4 is 5.69 Å². The molecule has 0 atom stereocenters. The Hall–Kier alpha value is -2.02. The maximum atomic E-state index is 12.7. The molecular weight excluding hydrogens is 297 g/mol. The number of nitrogens with zero attached hydrogens (tertiary/aromatic N) is 2. The van der Waals surface area contributed by atoms with Crippen molar-refractivity contribution in [2.75, 3.05) is 0 Å². The summed E-state index contributed by atoms with van der Waals surface area (Å²) >= 11 is 5.87. The Morgan fingerprint density at radius 2 is 1.95 bits per heavy atom. The third-order valence-corrected chi connectivity index (χ3v) is 3.15. The van der Waals surface area contributed by atoms with Crippen LogP contribution in [-0.2, 0) is 13.2 Å². The van der Waals surface area contributed by atoms with Crippen molar-refractivity contribution in [3.05, 3.63) is 51.2 Å². The van der Waals surface area contributed by atoms with Crippen molar-refractivity contribution in [2.24, 2.45) is 7.05 Å². The summed E-state index contributed by atoms with van der Waals surface area (Å²) < 4.78 is 39.8. The van der Waals surface area contributed by atoms with Crippen molar-refractivity contribution >= 4 is 17.9 Å². The molecule has 2 aromatic rings.